The first-order chi connectivity index (χ1) is 11.9. The van der Waals surface area contributed by atoms with Crippen molar-refractivity contribution in [2.24, 2.45) is 0 Å². The van der Waals surface area contributed by atoms with Crippen LogP contribution in [-0.4, -0.2) is 49.1 Å². The molecule has 2 nitrogen and oxygen atoms in total. The van der Waals surface area contributed by atoms with Crippen LogP contribution in [-0.2, 0) is 0 Å². The number of nitrogens with one attached hydrogen (secondary N) is 1. The summed E-state index contributed by atoms with van der Waals surface area (Å²) in [7, 11) is 0. The molecule has 1 aliphatic rings. The fraction of sp³-hybridized carbons (Fsp3) is 0.429. The molecule has 0 amide bonds. The van der Waals surface area contributed by atoms with Gasteiger partial charge in [-0.15, -0.1) is 0 Å². The number of benzene rings is 2. The summed E-state index contributed by atoms with van der Waals surface area (Å²) in [4.78, 5) is 2.58. The number of nitrogens with zero attached hydrogens (tertiary/aromatic N) is 1. The second-order valence-electron chi connectivity index (χ2n) is 6.37. The molecule has 1 N–H and O–H groups in total. The Morgan fingerprint density at radius 3 is 2.00 bits per heavy atom. The van der Waals surface area contributed by atoms with Crippen LogP contribution in [0.3, 0.4) is 0 Å². The van der Waals surface area contributed by atoms with Crippen LogP contribution in [0.2, 0.25) is 0 Å². The minimum atomic E-state index is 0.478. The van der Waals surface area contributed by atoms with Crippen LogP contribution in [0.25, 0.3) is 0 Å². The second-order valence-corrected chi connectivity index (χ2v) is 7.59. The molecule has 0 aliphatic carbocycles. The lowest BCUT2D eigenvalue weighted by Crippen LogP contribution is -2.38. The third-order valence-electron chi connectivity index (χ3n) is 4.72. The largest absolute Gasteiger partial charge is 0.315 e. The summed E-state index contributed by atoms with van der Waals surface area (Å²) < 4.78 is 0. The monoisotopic (exact) mass is 340 g/mol. The van der Waals surface area contributed by atoms with Gasteiger partial charge in [-0.3, -0.25) is 0 Å². The van der Waals surface area contributed by atoms with Crippen LogP contribution in [0.15, 0.2) is 60.7 Å². The molecule has 3 heteroatoms. The summed E-state index contributed by atoms with van der Waals surface area (Å²) in [5.41, 5.74) is 2.83. The smallest absolute Gasteiger partial charge is 0.0107 e. The Bertz CT molecular complexity index is 527. The predicted octanol–water partition coefficient (Wildman–Crippen LogP) is 3.85. The zero-order valence-electron chi connectivity index (χ0n) is 14.4. The van der Waals surface area contributed by atoms with Gasteiger partial charge in [-0.05, 0) is 24.1 Å². The van der Waals surface area contributed by atoms with Gasteiger partial charge in [-0.1, -0.05) is 60.7 Å². The molecule has 1 aliphatic heterocycles. The maximum atomic E-state index is 3.65. The normalized spacial score (nSPS) is 15.7. The van der Waals surface area contributed by atoms with Crippen LogP contribution in [0.1, 0.15) is 23.5 Å². The van der Waals surface area contributed by atoms with E-state index in [2.05, 4.69) is 82.6 Å². The van der Waals surface area contributed by atoms with E-state index in [4.69, 9.17) is 0 Å². The fourth-order valence-electron chi connectivity index (χ4n) is 3.33. The summed E-state index contributed by atoms with van der Waals surface area (Å²) in [6.45, 7) is 5.85. The third-order valence-corrected chi connectivity index (χ3v) is 5.66. The quantitative estimate of drug-likeness (QED) is 0.735. The van der Waals surface area contributed by atoms with Crippen molar-refractivity contribution < 1.29 is 0 Å². The first kappa shape index (κ1) is 17.5. The second kappa shape index (κ2) is 9.87. The van der Waals surface area contributed by atoms with Crippen molar-refractivity contribution in [3.63, 3.8) is 0 Å². The molecule has 128 valence electrons. The average molecular weight is 341 g/mol. The lowest BCUT2D eigenvalue weighted by atomic mass is 9.88. The number of hydrogen-bond donors (Lipinski definition) is 1. The first-order valence-corrected chi connectivity index (χ1v) is 10.2. The van der Waals surface area contributed by atoms with Crippen molar-refractivity contribution in [2.45, 2.75) is 12.3 Å². The summed E-state index contributed by atoms with van der Waals surface area (Å²) in [6, 6.07) is 21.8. The maximum Gasteiger partial charge on any atom is 0.0107 e. The van der Waals surface area contributed by atoms with Crippen LogP contribution in [0.5, 0.6) is 0 Å². The minimum absolute atomic E-state index is 0.478. The number of rotatable bonds is 8. The van der Waals surface area contributed by atoms with E-state index >= 15 is 0 Å². The van der Waals surface area contributed by atoms with Crippen LogP contribution in [0, 0.1) is 0 Å². The molecule has 0 unspecified atom stereocenters. The highest BCUT2D eigenvalue weighted by atomic mass is 32.2. The minimum Gasteiger partial charge on any atom is -0.315 e. The standard InChI is InChI=1S/C21H28N2S/c1-3-7-19(8-4-1)21(20-9-5-2-6-10-20)11-12-22-13-14-23-15-17-24-18-16-23/h1-10,21-22H,11-18H2. The highest BCUT2D eigenvalue weighted by molar-refractivity contribution is 7.99. The van der Waals surface area contributed by atoms with Gasteiger partial charge < -0.3 is 10.2 Å². The van der Waals surface area contributed by atoms with E-state index in [1.54, 1.807) is 0 Å². The Kier molecular flexibility index (Phi) is 7.21. The lowest BCUT2D eigenvalue weighted by Gasteiger charge is -2.26. The van der Waals surface area contributed by atoms with Crippen molar-refractivity contribution in [2.75, 3.05) is 44.2 Å². The van der Waals surface area contributed by atoms with E-state index in [1.807, 2.05) is 0 Å². The summed E-state index contributed by atoms with van der Waals surface area (Å²) in [5, 5.41) is 3.65. The third kappa shape index (κ3) is 5.37. The Morgan fingerprint density at radius 1 is 0.833 bits per heavy atom. The summed E-state index contributed by atoms with van der Waals surface area (Å²) in [5.74, 6) is 3.07. The molecule has 1 heterocycles. The molecule has 0 spiro atoms. The molecular formula is C21H28N2S. The number of thioether (sulfide) groups is 1. The van der Waals surface area contributed by atoms with Gasteiger partial charge in [0.05, 0.1) is 0 Å². The van der Waals surface area contributed by atoms with E-state index in [1.165, 1.54) is 42.3 Å². The van der Waals surface area contributed by atoms with Gasteiger partial charge in [0, 0.05) is 43.6 Å². The molecule has 0 bridgehead atoms. The molecule has 0 aromatic heterocycles. The van der Waals surface area contributed by atoms with Gasteiger partial charge in [-0.25, -0.2) is 0 Å². The Balaban J connectivity index is 1.49. The van der Waals surface area contributed by atoms with E-state index < -0.39 is 0 Å². The van der Waals surface area contributed by atoms with Crippen molar-refractivity contribution in [1.29, 1.82) is 0 Å². The van der Waals surface area contributed by atoms with Gasteiger partial charge in [-0.2, -0.15) is 11.8 Å². The van der Waals surface area contributed by atoms with Gasteiger partial charge in [0.1, 0.15) is 0 Å². The van der Waals surface area contributed by atoms with Crippen LogP contribution in [0.4, 0.5) is 0 Å². The molecule has 0 atom stereocenters. The number of hydrogen-bond acceptors (Lipinski definition) is 3. The van der Waals surface area contributed by atoms with Gasteiger partial charge >= 0.3 is 0 Å². The zero-order chi connectivity index (χ0) is 16.5. The van der Waals surface area contributed by atoms with Gasteiger partial charge in [0.2, 0.25) is 0 Å². The molecule has 2 aromatic rings. The summed E-state index contributed by atoms with van der Waals surface area (Å²) >= 11 is 2.08. The van der Waals surface area contributed by atoms with Crippen molar-refractivity contribution in [3.8, 4) is 0 Å². The molecule has 2 aromatic carbocycles. The first-order valence-electron chi connectivity index (χ1n) is 9.04. The van der Waals surface area contributed by atoms with Crippen LogP contribution >= 0.6 is 11.8 Å². The van der Waals surface area contributed by atoms with E-state index in [0.29, 0.717) is 5.92 Å². The Labute approximate surface area is 150 Å². The molecule has 0 saturated carbocycles. The van der Waals surface area contributed by atoms with E-state index in [0.717, 1.165) is 19.5 Å². The summed E-state index contributed by atoms with van der Waals surface area (Å²) in [6.07, 6.45) is 1.14. The topological polar surface area (TPSA) is 15.3 Å². The van der Waals surface area contributed by atoms with Crippen molar-refractivity contribution >= 4 is 11.8 Å². The SMILES string of the molecule is c1ccc(C(CCNCCN2CCSCC2)c2ccccc2)cc1. The Morgan fingerprint density at radius 2 is 1.42 bits per heavy atom. The molecule has 3 rings (SSSR count). The van der Waals surface area contributed by atoms with Crippen molar-refractivity contribution in [1.82, 2.24) is 10.2 Å². The average Bonchev–Trinajstić information content (AvgIpc) is 2.67. The zero-order valence-corrected chi connectivity index (χ0v) is 15.2. The molecule has 0 radical (unpaired) electrons. The molecule has 24 heavy (non-hydrogen) atoms. The van der Waals surface area contributed by atoms with Crippen LogP contribution < -0.4 is 5.32 Å². The van der Waals surface area contributed by atoms with E-state index in [-0.39, 0.29) is 0 Å². The van der Waals surface area contributed by atoms with Gasteiger partial charge in [0.15, 0.2) is 0 Å². The molecule has 1 fully saturated rings. The highest BCUT2D eigenvalue weighted by Gasteiger charge is 2.13. The van der Waals surface area contributed by atoms with Gasteiger partial charge in [0.25, 0.3) is 0 Å². The predicted molar refractivity (Wildman–Crippen MR) is 106 cm³/mol. The molecular weight excluding hydrogens is 312 g/mol. The van der Waals surface area contributed by atoms with E-state index in [9.17, 15) is 0 Å². The fourth-order valence-corrected chi connectivity index (χ4v) is 4.31. The lowest BCUT2D eigenvalue weighted by molar-refractivity contribution is 0.301. The molecule has 1 saturated heterocycles. The maximum absolute atomic E-state index is 3.65. The Hall–Kier alpha value is -1.29. The van der Waals surface area contributed by atoms with Crippen molar-refractivity contribution in [3.05, 3.63) is 71.8 Å². The highest BCUT2D eigenvalue weighted by Crippen LogP contribution is 2.27.